The molecule has 1 aromatic rings. The van der Waals surface area contributed by atoms with Gasteiger partial charge in [-0.1, -0.05) is 58.4 Å². The van der Waals surface area contributed by atoms with Crippen molar-refractivity contribution in [1.82, 2.24) is 0 Å². The summed E-state index contributed by atoms with van der Waals surface area (Å²) in [7, 11) is 0. The number of ketones is 1. The molecule has 5 nitrogen and oxygen atoms in total. The first kappa shape index (κ1) is 18.9. The molecule has 1 aliphatic heterocycles. The summed E-state index contributed by atoms with van der Waals surface area (Å²) in [6.07, 6.45) is 3.42. The number of carbonyl (C=O) groups excluding carboxylic acids is 3. The lowest BCUT2D eigenvalue weighted by Gasteiger charge is -2.29. The van der Waals surface area contributed by atoms with Gasteiger partial charge in [-0.05, 0) is 17.4 Å². The molecule has 5 heteroatoms. The van der Waals surface area contributed by atoms with Gasteiger partial charge in [-0.3, -0.25) is 4.79 Å². The van der Waals surface area contributed by atoms with E-state index in [9.17, 15) is 14.4 Å². The van der Waals surface area contributed by atoms with Gasteiger partial charge in [0.15, 0.2) is 0 Å². The number of unbranched alkanes of at least 4 members (excludes halogenated alkanes) is 1. The number of hydrogen-bond donors (Lipinski definition) is 0. The van der Waals surface area contributed by atoms with Crippen molar-refractivity contribution in [3.63, 3.8) is 0 Å². The summed E-state index contributed by atoms with van der Waals surface area (Å²) in [5.74, 6) is -3.95. The summed E-state index contributed by atoms with van der Waals surface area (Å²) >= 11 is 0. The third kappa shape index (κ3) is 4.35. The Morgan fingerprint density at radius 1 is 1.00 bits per heavy atom. The Kier molecular flexibility index (Phi) is 5.45. The molecule has 1 aliphatic rings. The van der Waals surface area contributed by atoms with E-state index in [1.54, 1.807) is 12.1 Å². The normalized spacial score (nSPS) is 16.8. The number of benzene rings is 1. The molecule has 0 N–H and O–H groups in total. The SMILES string of the molecule is CCCCC1(C(=O)c2ccc(C(C)(C)C)cc2)OC(=O)C=CC(=O)O1. The van der Waals surface area contributed by atoms with Gasteiger partial charge in [0.05, 0.1) is 0 Å². The Balaban J connectivity index is 2.38. The minimum absolute atomic E-state index is 0.0490. The molecule has 0 amide bonds. The largest absolute Gasteiger partial charge is 0.411 e. The molecule has 2 rings (SSSR count). The van der Waals surface area contributed by atoms with E-state index in [-0.39, 0.29) is 11.8 Å². The molecule has 25 heavy (non-hydrogen) atoms. The van der Waals surface area contributed by atoms with E-state index in [1.165, 1.54) is 0 Å². The molecule has 0 radical (unpaired) electrons. The van der Waals surface area contributed by atoms with Crippen LogP contribution >= 0.6 is 0 Å². The monoisotopic (exact) mass is 344 g/mol. The molecule has 0 aliphatic carbocycles. The van der Waals surface area contributed by atoms with E-state index in [0.29, 0.717) is 12.0 Å². The van der Waals surface area contributed by atoms with Crippen LogP contribution in [-0.2, 0) is 24.5 Å². The molecule has 0 saturated carbocycles. The van der Waals surface area contributed by atoms with Gasteiger partial charge < -0.3 is 9.47 Å². The van der Waals surface area contributed by atoms with Crippen LogP contribution in [0.2, 0.25) is 0 Å². The average Bonchev–Trinajstić information content (AvgIpc) is 2.71. The first-order valence-corrected chi connectivity index (χ1v) is 8.47. The van der Waals surface area contributed by atoms with Crippen LogP contribution < -0.4 is 0 Å². The fourth-order valence-electron chi connectivity index (χ4n) is 2.61. The Hall–Kier alpha value is -2.43. The Bertz CT molecular complexity index is 672. The third-order valence-corrected chi connectivity index (χ3v) is 4.10. The Morgan fingerprint density at radius 3 is 1.96 bits per heavy atom. The summed E-state index contributed by atoms with van der Waals surface area (Å²) in [5, 5.41) is 0. The zero-order valence-electron chi connectivity index (χ0n) is 15.1. The lowest BCUT2D eigenvalue weighted by molar-refractivity contribution is -0.203. The summed E-state index contributed by atoms with van der Waals surface area (Å²) in [6.45, 7) is 8.17. The summed E-state index contributed by atoms with van der Waals surface area (Å²) in [5.41, 5.74) is 1.36. The molecule has 0 aromatic heterocycles. The van der Waals surface area contributed by atoms with Gasteiger partial charge in [0.25, 0.3) is 0 Å². The highest BCUT2D eigenvalue weighted by Gasteiger charge is 2.47. The van der Waals surface area contributed by atoms with Crippen LogP contribution in [0.5, 0.6) is 0 Å². The standard InChI is InChI=1S/C20H24O5/c1-5-6-13-20(24-16(21)11-12-17(22)25-20)18(23)14-7-9-15(10-8-14)19(2,3)4/h7-12H,5-6,13H2,1-4H3. The minimum atomic E-state index is -1.91. The van der Waals surface area contributed by atoms with E-state index < -0.39 is 23.5 Å². The first-order valence-electron chi connectivity index (χ1n) is 8.47. The van der Waals surface area contributed by atoms with Crippen molar-refractivity contribution in [2.24, 2.45) is 0 Å². The van der Waals surface area contributed by atoms with E-state index >= 15 is 0 Å². The summed E-state index contributed by atoms with van der Waals surface area (Å²) < 4.78 is 10.5. The molecule has 0 saturated heterocycles. The van der Waals surface area contributed by atoms with Crippen molar-refractivity contribution in [1.29, 1.82) is 0 Å². The number of Topliss-reactive ketones (excluding diaryl/α,β-unsaturated/α-hetero) is 1. The van der Waals surface area contributed by atoms with Gasteiger partial charge in [-0.2, -0.15) is 0 Å². The zero-order valence-corrected chi connectivity index (χ0v) is 15.1. The predicted octanol–water partition coefficient (Wildman–Crippen LogP) is 3.71. The molecule has 0 atom stereocenters. The van der Waals surface area contributed by atoms with Gasteiger partial charge in [0.1, 0.15) is 0 Å². The molecular formula is C20H24O5. The predicted molar refractivity (Wildman–Crippen MR) is 93.1 cm³/mol. The lowest BCUT2D eigenvalue weighted by Crippen LogP contribution is -2.46. The molecule has 1 heterocycles. The molecule has 134 valence electrons. The molecule has 0 bridgehead atoms. The van der Waals surface area contributed by atoms with Crippen LogP contribution in [0, 0.1) is 0 Å². The third-order valence-electron chi connectivity index (χ3n) is 4.10. The minimum Gasteiger partial charge on any atom is -0.411 e. The second kappa shape index (κ2) is 7.21. The van der Waals surface area contributed by atoms with E-state index in [4.69, 9.17) is 9.47 Å². The van der Waals surface area contributed by atoms with Gasteiger partial charge in [-0.25, -0.2) is 9.59 Å². The van der Waals surface area contributed by atoms with Crippen molar-refractivity contribution in [3.8, 4) is 0 Å². The summed E-state index contributed by atoms with van der Waals surface area (Å²) in [6, 6.07) is 7.08. The van der Waals surface area contributed by atoms with Crippen LogP contribution in [0.3, 0.4) is 0 Å². The van der Waals surface area contributed by atoms with Gasteiger partial charge in [0.2, 0.25) is 5.78 Å². The van der Waals surface area contributed by atoms with Crippen LogP contribution in [0.25, 0.3) is 0 Å². The van der Waals surface area contributed by atoms with Crippen LogP contribution in [0.4, 0.5) is 0 Å². The number of ether oxygens (including phenoxy) is 2. The smallest absolute Gasteiger partial charge is 0.334 e. The maximum atomic E-state index is 13.1. The maximum Gasteiger partial charge on any atom is 0.334 e. The highest BCUT2D eigenvalue weighted by molar-refractivity contribution is 6.06. The van der Waals surface area contributed by atoms with Gasteiger partial charge in [0, 0.05) is 24.1 Å². The highest BCUT2D eigenvalue weighted by Crippen LogP contribution is 2.30. The van der Waals surface area contributed by atoms with Gasteiger partial charge >= 0.3 is 17.7 Å². The maximum absolute atomic E-state index is 13.1. The van der Waals surface area contributed by atoms with Crippen LogP contribution in [0.1, 0.15) is 62.9 Å². The van der Waals surface area contributed by atoms with Crippen LogP contribution in [0.15, 0.2) is 36.4 Å². The first-order chi connectivity index (χ1) is 11.7. The molecule has 0 fully saturated rings. The number of esters is 2. The van der Waals surface area contributed by atoms with Crippen molar-refractivity contribution >= 4 is 17.7 Å². The number of cyclic esters (lactones) is 2. The van der Waals surface area contributed by atoms with E-state index in [1.807, 2.05) is 19.1 Å². The molecule has 1 aromatic carbocycles. The number of rotatable bonds is 5. The van der Waals surface area contributed by atoms with Crippen molar-refractivity contribution < 1.29 is 23.9 Å². The topological polar surface area (TPSA) is 69.7 Å². The van der Waals surface area contributed by atoms with Crippen LogP contribution in [-0.4, -0.2) is 23.5 Å². The Morgan fingerprint density at radius 2 is 1.52 bits per heavy atom. The fourth-order valence-corrected chi connectivity index (χ4v) is 2.61. The lowest BCUT2D eigenvalue weighted by atomic mass is 9.86. The van der Waals surface area contributed by atoms with E-state index in [0.717, 1.165) is 24.1 Å². The van der Waals surface area contributed by atoms with E-state index in [2.05, 4.69) is 20.8 Å². The van der Waals surface area contributed by atoms with Crippen molar-refractivity contribution in [3.05, 3.63) is 47.5 Å². The van der Waals surface area contributed by atoms with Crippen molar-refractivity contribution in [2.75, 3.05) is 0 Å². The molecular weight excluding hydrogens is 320 g/mol. The quantitative estimate of drug-likeness (QED) is 0.601. The van der Waals surface area contributed by atoms with Crippen molar-refractivity contribution in [2.45, 2.75) is 58.2 Å². The zero-order chi connectivity index (χ0) is 18.7. The summed E-state index contributed by atoms with van der Waals surface area (Å²) in [4.78, 5) is 36.7. The average molecular weight is 344 g/mol. The Labute approximate surface area is 148 Å². The number of carbonyl (C=O) groups is 3. The fraction of sp³-hybridized carbons (Fsp3) is 0.450. The molecule has 0 spiro atoms. The second-order valence-electron chi connectivity index (χ2n) is 7.19. The highest BCUT2D eigenvalue weighted by atomic mass is 16.7. The van der Waals surface area contributed by atoms with Gasteiger partial charge in [-0.15, -0.1) is 0 Å². The molecule has 0 unspecified atom stereocenters. The number of hydrogen-bond acceptors (Lipinski definition) is 5. The second-order valence-corrected chi connectivity index (χ2v) is 7.19.